The maximum atomic E-state index is 11.9. The predicted molar refractivity (Wildman–Crippen MR) is 74.8 cm³/mol. The zero-order valence-corrected chi connectivity index (χ0v) is 11.8. The van der Waals surface area contributed by atoms with Crippen LogP contribution in [0.2, 0.25) is 0 Å². The van der Waals surface area contributed by atoms with Crippen LogP contribution in [0, 0.1) is 0 Å². The lowest BCUT2D eigenvalue weighted by molar-refractivity contribution is 0.0485. The minimum Gasteiger partial charge on any atom is -0.460 e. The van der Waals surface area contributed by atoms with Crippen LogP contribution in [0.3, 0.4) is 0 Å². The SMILES string of the molecule is CCCCOC(=O)c1nc2sc(CC)cc2c(=O)[nH]1. The highest BCUT2D eigenvalue weighted by Crippen LogP contribution is 2.21. The lowest BCUT2D eigenvalue weighted by atomic mass is 10.3. The molecule has 2 aromatic rings. The quantitative estimate of drug-likeness (QED) is 0.674. The van der Waals surface area contributed by atoms with Gasteiger partial charge in [-0.25, -0.2) is 9.78 Å². The molecule has 1 N–H and O–H groups in total. The number of aromatic amines is 1. The number of hydrogen-bond donors (Lipinski definition) is 1. The monoisotopic (exact) mass is 280 g/mol. The Balaban J connectivity index is 2.29. The van der Waals surface area contributed by atoms with Crippen LogP contribution in [-0.4, -0.2) is 22.5 Å². The summed E-state index contributed by atoms with van der Waals surface area (Å²) in [4.78, 5) is 31.9. The number of nitrogens with one attached hydrogen (secondary N) is 1. The van der Waals surface area contributed by atoms with Crippen molar-refractivity contribution in [1.82, 2.24) is 9.97 Å². The van der Waals surface area contributed by atoms with Crippen LogP contribution in [-0.2, 0) is 11.2 Å². The Morgan fingerprint density at radius 2 is 2.26 bits per heavy atom. The molecule has 2 heterocycles. The molecule has 19 heavy (non-hydrogen) atoms. The second kappa shape index (κ2) is 5.97. The van der Waals surface area contributed by atoms with Crippen LogP contribution in [0.1, 0.15) is 42.2 Å². The predicted octanol–water partition coefficient (Wildman–Crippen LogP) is 2.50. The van der Waals surface area contributed by atoms with Gasteiger partial charge in [0.15, 0.2) is 0 Å². The number of hydrogen-bond acceptors (Lipinski definition) is 5. The van der Waals surface area contributed by atoms with Crippen molar-refractivity contribution in [2.45, 2.75) is 33.1 Å². The molecule has 0 aliphatic rings. The van der Waals surface area contributed by atoms with Crippen molar-refractivity contribution >= 4 is 27.5 Å². The highest BCUT2D eigenvalue weighted by molar-refractivity contribution is 7.18. The van der Waals surface area contributed by atoms with E-state index in [1.54, 1.807) is 0 Å². The molecule has 0 aliphatic carbocycles. The van der Waals surface area contributed by atoms with Gasteiger partial charge in [0.05, 0.1) is 12.0 Å². The van der Waals surface area contributed by atoms with Gasteiger partial charge in [0, 0.05) is 4.88 Å². The van der Waals surface area contributed by atoms with Gasteiger partial charge in [0.1, 0.15) is 4.83 Å². The van der Waals surface area contributed by atoms with E-state index in [0.29, 0.717) is 16.8 Å². The Labute approximate surface area is 114 Å². The number of ether oxygens (including phenoxy) is 1. The van der Waals surface area contributed by atoms with Crippen LogP contribution in [0.4, 0.5) is 0 Å². The van der Waals surface area contributed by atoms with E-state index in [2.05, 4.69) is 9.97 Å². The molecule has 6 heteroatoms. The molecule has 0 aromatic carbocycles. The number of aryl methyl sites for hydroxylation is 1. The molecule has 0 fully saturated rings. The van der Waals surface area contributed by atoms with Crippen molar-refractivity contribution in [3.63, 3.8) is 0 Å². The van der Waals surface area contributed by atoms with Crippen molar-refractivity contribution in [1.29, 1.82) is 0 Å². The summed E-state index contributed by atoms with van der Waals surface area (Å²) in [6.07, 6.45) is 2.59. The van der Waals surface area contributed by atoms with Crippen LogP contribution in [0.5, 0.6) is 0 Å². The van der Waals surface area contributed by atoms with Gasteiger partial charge in [-0.1, -0.05) is 20.3 Å². The summed E-state index contributed by atoms with van der Waals surface area (Å²) in [5, 5.41) is 0.534. The van der Waals surface area contributed by atoms with E-state index in [1.807, 2.05) is 19.9 Å². The van der Waals surface area contributed by atoms with Gasteiger partial charge < -0.3 is 9.72 Å². The number of aromatic nitrogens is 2. The van der Waals surface area contributed by atoms with Gasteiger partial charge in [-0.05, 0) is 18.9 Å². The molecule has 0 saturated carbocycles. The number of nitrogens with zero attached hydrogens (tertiary/aromatic N) is 1. The molecule has 0 saturated heterocycles. The summed E-state index contributed by atoms with van der Waals surface area (Å²) in [5.74, 6) is -0.586. The van der Waals surface area contributed by atoms with Crippen LogP contribution < -0.4 is 5.56 Å². The average Bonchev–Trinajstić information content (AvgIpc) is 2.82. The van der Waals surface area contributed by atoms with Crippen LogP contribution in [0.25, 0.3) is 10.2 Å². The number of esters is 1. The third-order valence-electron chi connectivity index (χ3n) is 2.73. The van der Waals surface area contributed by atoms with E-state index < -0.39 is 5.97 Å². The van der Waals surface area contributed by atoms with Gasteiger partial charge in [-0.15, -0.1) is 11.3 Å². The fourth-order valence-corrected chi connectivity index (χ4v) is 2.60. The summed E-state index contributed by atoms with van der Waals surface area (Å²) in [6.45, 7) is 4.37. The average molecular weight is 280 g/mol. The normalized spacial score (nSPS) is 10.8. The van der Waals surface area contributed by atoms with Gasteiger partial charge in [0.2, 0.25) is 5.82 Å². The molecule has 0 atom stereocenters. The maximum Gasteiger partial charge on any atom is 0.374 e. The first-order valence-electron chi connectivity index (χ1n) is 6.35. The summed E-state index contributed by atoms with van der Waals surface area (Å²) >= 11 is 1.43. The molecular weight excluding hydrogens is 264 g/mol. The maximum absolute atomic E-state index is 11.9. The van der Waals surface area contributed by atoms with E-state index >= 15 is 0 Å². The minimum atomic E-state index is -0.570. The molecule has 0 amide bonds. The molecule has 0 aliphatic heterocycles. The molecule has 5 nitrogen and oxygen atoms in total. The molecule has 2 rings (SSSR count). The number of thiophene rings is 1. The van der Waals surface area contributed by atoms with E-state index in [9.17, 15) is 9.59 Å². The Kier molecular flexibility index (Phi) is 4.31. The van der Waals surface area contributed by atoms with Crippen molar-refractivity contribution in [2.24, 2.45) is 0 Å². The summed E-state index contributed by atoms with van der Waals surface area (Å²) in [7, 11) is 0. The lowest BCUT2D eigenvalue weighted by Gasteiger charge is -2.02. The second-order valence-corrected chi connectivity index (χ2v) is 5.30. The van der Waals surface area contributed by atoms with Crippen LogP contribution in [0.15, 0.2) is 10.9 Å². The summed E-state index contributed by atoms with van der Waals surface area (Å²) in [5.41, 5.74) is -0.289. The third-order valence-corrected chi connectivity index (χ3v) is 3.90. The van der Waals surface area contributed by atoms with Crippen molar-refractivity contribution in [3.05, 3.63) is 27.1 Å². The molecule has 0 radical (unpaired) electrons. The molecule has 102 valence electrons. The number of carbonyl (C=O) groups excluding carboxylic acids is 1. The largest absolute Gasteiger partial charge is 0.460 e. The topological polar surface area (TPSA) is 72.0 Å². The number of fused-ring (bicyclic) bond motifs is 1. The van der Waals surface area contributed by atoms with Crippen molar-refractivity contribution in [3.8, 4) is 0 Å². The number of unbranched alkanes of at least 4 members (excludes halogenated alkanes) is 1. The van der Waals surface area contributed by atoms with E-state index in [-0.39, 0.29) is 11.4 Å². The van der Waals surface area contributed by atoms with Crippen molar-refractivity contribution < 1.29 is 9.53 Å². The number of rotatable bonds is 5. The smallest absolute Gasteiger partial charge is 0.374 e. The molecular formula is C13H16N2O3S. The fraction of sp³-hybridized carbons (Fsp3) is 0.462. The minimum absolute atomic E-state index is 0.0156. The van der Waals surface area contributed by atoms with Crippen LogP contribution >= 0.6 is 11.3 Å². The van der Waals surface area contributed by atoms with Gasteiger partial charge in [-0.3, -0.25) is 4.79 Å². The Bertz CT molecular complexity index is 645. The molecule has 0 spiro atoms. The lowest BCUT2D eigenvalue weighted by Crippen LogP contribution is -2.17. The van der Waals surface area contributed by atoms with Crippen molar-refractivity contribution in [2.75, 3.05) is 6.61 Å². The first-order chi connectivity index (χ1) is 9.15. The molecule has 0 bridgehead atoms. The highest BCUT2D eigenvalue weighted by Gasteiger charge is 2.14. The second-order valence-electron chi connectivity index (χ2n) is 4.19. The Hall–Kier alpha value is -1.69. The number of H-pyrrole nitrogens is 1. The van der Waals surface area contributed by atoms with E-state index in [0.717, 1.165) is 24.1 Å². The Morgan fingerprint density at radius 3 is 2.95 bits per heavy atom. The third kappa shape index (κ3) is 3.01. The zero-order valence-electron chi connectivity index (χ0n) is 11.0. The highest BCUT2D eigenvalue weighted by atomic mass is 32.1. The van der Waals surface area contributed by atoms with Gasteiger partial charge >= 0.3 is 5.97 Å². The zero-order chi connectivity index (χ0) is 13.8. The fourth-order valence-electron chi connectivity index (χ4n) is 1.63. The van der Waals surface area contributed by atoms with Gasteiger partial charge in [-0.2, -0.15) is 0 Å². The molecule has 2 aromatic heterocycles. The summed E-state index contributed by atoms with van der Waals surface area (Å²) < 4.78 is 5.04. The van der Waals surface area contributed by atoms with E-state index in [1.165, 1.54) is 11.3 Å². The van der Waals surface area contributed by atoms with E-state index in [4.69, 9.17) is 4.74 Å². The first-order valence-corrected chi connectivity index (χ1v) is 7.17. The standard InChI is InChI=1S/C13H16N2O3S/c1-3-5-6-18-13(17)10-14-11(16)9-7-8(4-2)19-12(9)15-10/h7H,3-6H2,1-2H3,(H,14,15,16). The first kappa shape index (κ1) is 13.7. The summed E-state index contributed by atoms with van der Waals surface area (Å²) in [6, 6.07) is 1.82. The van der Waals surface area contributed by atoms with Gasteiger partial charge in [0.25, 0.3) is 5.56 Å². The Morgan fingerprint density at radius 1 is 1.47 bits per heavy atom. The number of carbonyl (C=O) groups is 1. The molecule has 0 unspecified atom stereocenters.